The number of ether oxygens (including phenoxy) is 1. The van der Waals surface area contributed by atoms with Gasteiger partial charge < -0.3 is 15.0 Å². The van der Waals surface area contributed by atoms with E-state index < -0.39 is 0 Å². The number of amides is 1. The Morgan fingerprint density at radius 2 is 2.33 bits per heavy atom. The maximum atomic E-state index is 11.9. The number of fused-ring (bicyclic) bond motifs is 1. The number of carbonyl (C=O) groups is 1. The minimum Gasteiger partial charge on any atom is -0.482 e. The number of benzene rings is 1. The molecule has 1 unspecified atom stereocenters. The van der Waals surface area contributed by atoms with Gasteiger partial charge in [-0.05, 0) is 37.7 Å². The van der Waals surface area contributed by atoms with Crippen LogP contribution in [0.1, 0.15) is 6.92 Å². The van der Waals surface area contributed by atoms with Gasteiger partial charge in [-0.15, -0.1) is 0 Å². The van der Waals surface area contributed by atoms with E-state index in [1.165, 1.54) is 0 Å². The van der Waals surface area contributed by atoms with Crippen LogP contribution in [0.3, 0.4) is 0 Å². The van der Waals surface area contributed by atoms with E-state index in [4.69, 9.17) is 16.3 Å². The smallest absolute Gasteiger partial charge is 0.265 e. The molecule has 1 aromatic carbocycles. The highest BCUT2D eigenvalue weighted by Gasteiger charge is 2.26. The van der Waals surface area contributed by atoms with E-state index in [2.05, 4.69) is 12.2 Å². The number of carbonyl (C=O) groups excluding carboxylic acids is 1. The zero-order chi connectivity index (χ0) is 13.1. The largest absolute Gasteiger partial charge is 0.482 e. The quantitative estimate of drug-likeness (QED) is 0.907. The second-order valence-corrected chi connectivity index (χ2v) is 5.00. The average molecular weight is 269 g/mol. The summed E-state index contributed by atoms with van der Waals surface area (Å²) in [6.45, 7) is 3.72. The molecule has 0 radical (unpaired) electrons. The Balaban J connectivity index is 2.24. The molecule has 0 fully saturated rings. The third-order valence-electron chi connectivity index (χ3n) is 2.91. The lowest BCUT2D eigenvalue weighted by Crippen LogP contribution is -2.42. The predicted octanol–water partition coefficient (Wildman–Crippen LogP) is 1.92. The van der Waals surface area contributed by atoms with Gasteiger partial charge >= 0.3 is 0 Å². The summed E-state index contributed by atoms with van der Waals surface area (Å²) in [5.74, 6) is 1.06. The molecule has 4 nitrogen and oxygen atoms in total. The molecular formula is C13H17ClN2O2. The average Bonchev–Trinajstić information content (AvgIpc) is 2.33. The molecule has 0 spiro atoms. The molecule has 18 heavy (non-hydrogen) atoms. The molecule has 1 heterocycles. The highest BCUT2D eigenvalue weighted by Crippen LogP contribution is 2.34. The molecule has 0 aliphatic carbocycles. The topological polar surface area (TPSA) is 41.6 Å². The lowest BCUT2D eigenvalue weighted by molar-refractivity contribution is -0.121. The van der Waals surface area contributed by atoms with Gasteiger partial charge in [-0.25, -0.2) is 0 Å². The third-order valence-corrected chi connectivity index (χ3v) is 3.15. The first kappa shape index (κ1) is 13.2. The van der Waals surface area contributed by atoms with E-state index in [9.17, 15) is 4.79 Å². The van der Waals surface area contributed by atoms with Crippen LogP contribution in [0.2, 0.25) is 5.02 Å². The van der Waals surface area contributed by atoms with Crippen molar-refractivity contribution in [2.45, 2.75) is 6.92 Å². The van der Waals surface area contributed by atoms with Crippen molar-refractivity contribution >= 4 is 23.2 Å². The molecule has 1 amide bonds. The second kappa shape index (κ2) is 5.59. The second-order valence-electron chi connectivity index (χ2n) is 4.57. The Labute approximate surface area is 112 Å². The summed E-state index contributed by atoms with van der Waals surface area (Å²) < 4.78 is 5.40. The number of anilines is 1. The fourth-order valence-corrected chi connectivity index (χ4v) is 2.27. The SMILES string of the molecule is CNCC(C)CN1C(=O)COc2ccc(Cl)cc21. The number of nitrogens with zero attached hydrogens (tertiary/aromatic N) is 1. The Bertz CT molecular complexity index is 451. The highest BCUT2D eigenvalue weighted by atomic mass is 35.5. The van der Waals surface area contributed by atoms with Gasteiger partial charge in [0.1, 0.15) is 5.75 Å². The number of hydrogen-bond donors (Lipinski definition) is 1. The van der Waals surface area contributed by atoms with Crippen LogP contribution in [0.25, 0.3) is 0 Å². The van der Waals surface area contributed by atoms with Crippen molar-refractivity contribution in [3.63, 3.8) is 0 Å². The molecule has 5 heteroatoms. The number of nitrogens with one attached hydrogen (secondary N) is 1. The summed E-state index contributed by atoms with van der Waals surface area (Å²) in [4.78, 5) is 13.7. The molecule has 1 atom stereocenters. The molecule has 1 aliphatic heterocycles. The first-order chi connectivity index (χ1) is 8.61. The van der Waals surface area contributed by atoms with Crippen LogP contribution in [0.15, 0.2) is 18.2 Å². The monoisotopic (exact) mass is 268 g/mol. The van der Waals surface area contributed by atoms with Crippen molar-refractivity contribution in [2.24, 2.45) is 5.92 Å². The fraction of sp³-hybridized carbons (Fsp3) is 0.462. The van der Waals surface area contributed by atoms with Crippen molar-refractivity contribution in [2.75, 3.05) is 31.6 Å². The third kappa shape index (κ3) is 2.76. The first-order valence-corrected chi connectivity index (χ1v) is 6.37. The van der Waals surface area contributed by atoms with E-state index in [0.717, 1.165) is 18.0 Å². The number of halogens is 1. The van der Waals surface area contributed by atoms with E-state index in [-0.39, 0.29) is 12.5 Å². The van der Waals surface area contributed by atoms with Gasteiger partial charge in [0.05, 0.1) is 5.69 Å². The molecule has 0 aromatic heterocycles. The van der Waals surface area contributed by atoms with E-state index >= 15 is 0 Å². The Kier molecular flexibility index (Phi) is 4.09. The van der Waals surface area contributed by atoms with E-state index in [1.54, 1.807) is 23.1 Å². The van der Waals surface area contributed by atoms with Crippen LogP contribution in [0.5, 0.6) is 5.75 Å². The zero-order valence-corrected chi connectivity index (χ0v) is 11.3. The zero-order valence-electron chi connectivity index (χ0n) is 10.6. The van der Waals surface area contributed by atoms with Crippen molar-refractivity contribution in [1.82, 2.24) is 5.32 Å². The molecule has 1 N–H and O–H groups in total. The van der Waals surface area contributed by atoms with Gasteiger partial charge in [0.25, 0.3) is 5.91 Å². The van der Waals surface area contributed by atoms with Crippen LogP contribution in [-0.2, 0) is 4.79 Å². The molecule has 2 rings (SSSR count). The lowest BCUT2D eigenvalue weighted by atomic mass is 10.1. The minimum atomic E-state index is -0.0206. The maximum absolute atomic E-state index is 11.9. The fourth-order valence-electron chi connectivity index (χ4n) is 2.10. The van der Waals surface area contributed by atoms with Crippen LogP contribution in [0.4, 0.5) is 5.69 Å². The molecule has 0 bridgehead atoms. The van der Waals surface area contributed by atoms with Gasteiger partial charge in [0.15, 0.2) is 6.61 Å². The van der Waals surface area contributed by atoms with E-state index in [0.29, 0.717) is 17.5 Å². The summed E-state index contributed by atoms with van der Waals surface area (Å²) in [7, 11) is 1.91. The van der Waals surface area contributed by atoms with Gasteiger partial charge in [0, 0.05) is 11.6 Å². The lowest BCUT2D eigenvalue weighted by Gasteiger charge is -2.31. The number of rotatable bonds is 4. The summed E-state index contributed by atoms with van der Waals surface area (Å²) in [6.07, 6.45) is 0. The maximum Gasteiger partial charge on any atom is 0.265 e. The Morgan fingerprint density at radius 1 is 1.56 bits per heavy atom. The number of hydrogen-bond acceptors (Lipinski definition) is 3. The summed E-state index contributed by atoms with van der Waals surface area (Å²) in [5.41, 5.74) is 0.765. The standard InChI is InChI=1S/C13H17ClN2O2/c1-9(6-15-2)7-16-11-5-10(14)3-4-12(11)18-8-13(16)17/h3-5,9,15H,6-8H2,1-2H3. The molecular weight excluding hydrogens is 252 g/mol. The summed E-state index contributed by atoms with van der Waals surface area (Å²) >= 11 is 5.98. The van der Waals surface area contributed by atoms with Crippen LogP contribution >= 0.6 is 11.6 Å². The molecule has 0 saturated carbocycles. The van der Waals surface area contributed by atoms with Gasteiger partial charge in [-0.2, -0.15) is 0 Å². The minimum absolute atomic E-state index is 0.0206. The van der Waals surface area contributed by atoms with Crippen molar-refractivity contribution in [1.29, 1.82) is 0 Å². The highest BCUT2D eigenvalue weighted by molar-refractivity contribution is 6.31. The molecule has 1 aliphatic rings. The molecule has 1 aromatic rings. The van der Waals surface area contributed by atoms with Gasteiger partial charge in [-0.1, -0.05) is 18.5 Å². The normalized spacial score (nSPS) is 16.2. The Hall–Kier alpha value is -1.26. The van der Waals surface area contributed by atoms with Crippen LogP contribution in [-0.4, -0.2) is 32.7 Å². The van der Waals surface area contributed by atoms with E-state index in [1.807, 2.05) is 7.05 Å². The van der Waals surface area contributed by atoms with Gasteiger partial charge in [-0.3, -0.25) is 4.79 Å². The summed E-state index contributed by atoms with van der Waals surface area (Å²) in [5, 5.41) is 3.72. The van der Waals surface area contributed by atoms with Crippen molar-refractivity contribution in [3.8, 4) is 5.75 Å². The molecule has 0 saturated heterocycles. The van der Waals surface area contributed by atoms with Crippen molar-refractivity contribution < 1.29 is 9.53 Å². The van der Waals surface area contributed by atoms with Crippen LogP contribution < -0.4 is 15.0 Å². The van der Waals surface area contributed by atoms with Crippen LogP contribution in [0, 0.1) is 5.92 Å². The van der Waals surface area contributed by atoms with Crippen molar-refractivity contribution in [3.05, 3.63) is 23.2 Å². The Morgan fingerprint density at radius 3 is 3.06 bits per heavy atom. The van der Waals surface area contributed by atoms with Gasteiger partial charge in [0.2, 0.25) is 0 Å². The molecule has 98 valence electrons. The summed E-state index contributed by atoms with van der Waals surface area (Å²) in [6, 6.07) is 5.35. The predicted molar refractivity (Wildman–Crippen MR) is 72.4 cm³/mol. The first-order valence-electron chi connectivity index (χ1n) is 5.99.